The van der Waals surface area contributed by atoms with Crippen LogP contribution in [0.5, 0.6) is 5.75 Å². The third kappa shape index (κ3) is 3.64. The van der Waals surface area contributed by atoms with Gasteiger partial charge >= 0.3 is 11.9 Å². The lowest BCUT2D eigenvalue weighted by Crippen LogP contribution is -2.47. The van der Waals surface area contributed by atoms with Crippen molar-refractivity contribution >= 4 is 28.8 Å². The summed E-state index contributed by atoms with van der Waals surface area (Å²) in [5.41, 5.74) is 1.47. The van der Waals surface area contributed by atoms with Crippen molar-refractivity contribution in [3.8, 4) is 16.3 Å². The van der Waals surface area contributed by atoms with Crippen LogP contribution in [-0.4, -0.2) is 32.2 Å². The van der Waals surface area contributed by atoms with Crippen molar-refractivity contribution in [3.63, 3.8) is 0 Å². The Kier molecular flexibility index (Phi) is 5.95. The Morgan fingerprint density at radius 2 is 1.75 bits per heavy atom. The molecule has 7 heteroatoms. The zero-order valence-electron chi connectivity index (χ0n) is 18.2. The zero-order valence-corrected chi connectivity index (χ0v) is 19.0. The molecule has 1 saturated carbocycles. The molecule has 2 atom stereocenters. The van der Waals surface area contributed by atoms with Crippen LogP contribution in [0.25, 0.3) is 16.1 Å². The molecule has 2 unspecified atom stereocenters. The predicted molar refractivity (Wildman–Crippen MR) is 123 cm³/mol. The van der Waals surface area contributed by atoms with Crippen LogP contribution in [0.4, 0.5) is 0 Å². The third-order valence-corrected chi connectivity index (χ3v) is 8.01. The molecule has 1 fully saturated rings. The number of phenols is 1. The van der Waals surface area contributed by atoms with Crippen molar-refractivity contribution in [1.82, 2.24) is 4.98 Å². The highest BCUT2D eigenvalue weighted by Crippen LogP contribution is 2.53. The fraction of sp³-hybridized carbons (Fsp3) is 0.400. The Hall–Kier alpha value is -2.93. The first-order chi connectivity index (χ1) is 15.3. The highest BCUT2D eigenvalue weighted by atomic mass is 32.1. The van der Waals surface area contributed by atoms with E-state index in [0.29, 0.717) is 16.8 Å². The molecule has 168 valence electrons. The molecule has 0 bridgehead atoms. The lowest BCUT2D eigenvalue weighted by molar-refractivity contribution is -0.153. The van der Waals surface area contributed by atoms with E-state index in [1.807, 2.05) is 5.38 Å². The maximum absolute atomic E-state index is 12.8. The summed E-state index contributed by atoms with van der Waals surface area (Å²) in [5, 5.41) is 32.6. The van der Waals surface area contributed by atoms with E-state index in [9.17, 15) is 24.9 Å². The molecule has 2 aromatic rings. The van der Waals surface area contributed by atoms with E-state index < -0.39 is 23.3 Å². The highest BCUT2D eigenvalue weighted by Gasteiger charge is 2.53. The van der Waals surface area contributed by atoms with E-state index in [0.717, 1.165) is 42.7 Å². The lowest BCUT2D eigenvalue weighted by atomic mass is 9.57. The molecule has 2 aliphatic carbocycles. The number of nitrogens with zero attached hydrogens (tertiary/aromatic N) is 1. The Morgan fingerprint density at radius 1 is 1.09 bits per heavy atom. The van der Waals surface area contributed by atoms with Gasteiger partial charge in [-0.3, -0.25) is 4.79 Å². The van der Waals surface area contributed by atoms with Crippen LogP contribution in [0.1, 0.15) is 51.6 Å². The predicted octanol–water partition coefficient (Wildman–Crippen LogP) is 5.60. The second-order valence-corrected chi connectivity index (χ2v) is 9.64. The maximum Gasteiger partial charge on any atom is 0.332 e. The first-order valence-corrected chi connectivity index (χ1v) is 11.8. The van der Waals surface area contributed by atoms with Gasteiger partial charge in [0.15, 0.2) is 0 Å². The standard InChI is InChI=1S/C25H27NO5S/c1-14-19(20-13-32-22(26-20)16-8-10-18(27)11-9-16)12-25(24(30)31,15(2)21(14)23(28)29)17-6-4-3-5-7-17/h8-13,15,17,27H,3-7H2,1-2H3,(H,28,29)(H,30,31). The largest absolute Gasteiger partial charge is 0.508 e. The molecule has 1 heterocycles. The third-order valence-electron chi connectivity index (χ3n) is 7.12. The van der Waals surface area contributed by atoms with Crippen LogP contribution in [0, 0.1) is 17.3 Å². The van der Waals surface area contributed by atoms with Gasteiger partial charge in [-0.25, -0.2) is 9.78 Å². The van der Waals surface area contributed by atoms with Gasteiger partial charge < -0.3 is 15.3 Å². The summed E-state index contributed by atoms with van der Waals surface area (Å²) in [4.78, 5) is 29.8. The number of thiazole rings is 1. The quantitative estimate of drug-likeness (QED) is 0.544. The van der Waals surface area contributed by atoms with Crippen molar-refractivity contribution in [2.45, 2.75) is 46.0 Å². The summed E-state index contributed by atoms with van der Waals surface area (Å²) >= 11 is 1.41. The topological polar surface area (TPSA) is 108 Å². The number of carboxylic acid groups (broad SMARTS) is 2. The number of allylic oxidation sites excluding steroid dienone is 2. The van der Waals surface area contributed by atoms with Gasteiger partial charge in [-0.1, -0.05) is 32.3 Å². The molecular weight excluding hydrogens is 426 g/mol. The molecule has 6 nitrogen and oxygen atoms in total. The fourth-order valence-electron chi connectivity index (χ4n) is 5.40. The van der Waals surface area contributed by atoms with Gasteiger partial charge in [0.1, 0.15) is 10.8 Å². The fourth-order valence-corrected chi connectivity index (χ4v) is 6.23. The van der Waals surface area contributed by atoms with Gasteiger partial charge in [0.05, 0.1) is 11.1 Å². The number of aliphatic carboxylic acids is 2. The minimum absolute atomic E-state index is 0.114. The molecule has 0 saturated heterocycles. The van der Waals surface area contributed by atoms with Gasteiger partial charge in [-0.2, -0.15) is 0 Å². The summed E-state index contributed by atoms with van der Waals surface area (Å²) in [6.45, 7) is 3.49. The summed E-state index contributed by atoms with van der Waals surface area (Å²) in [7, 11) is 0. The maximum atomic E-state index is 12.8. The number of carbonyl (C=O) groups is 2. The first-order valence-electron chi connectivity index (χ1n) is 10.9. The summed E-state index contributed by atoms with van der Waals surface area (Å²) in [6.07, 6.45) is 6.36. The van der Waals surface area contributed by atoms with Crippen LogP contribution >= 0.6 is 11.3 Å². The molecule has 3 N–H and O–H groups in total. The van der Waals surface area contributed by atoms with E-state index in [2.05, 4.69) is 0 Å². The number of carboxylic acids is 2. The second-order valence-electron chi connectivity index (χ2n) is 8.78. The Bertz CT molecular complexity index is 1110. The van der Waals surface area contributed by atoms with Gasteiger partial charge in [0, 0.05) is 28.0 Å². The van der Waals surface area contributed by atoms with E-state index >= 15 is 0 Å². The minimum Gasteiger partial charge on any atom is -0.508 e. The van der Waals surface area contributed by atoms with Crippen LogP contribution in [0.15, 0.2) is 46.9 Å². The van der Waals surface area contributed by atoms with Crippen LogP contribution in [0.3, 0.4) is 0 Å². The normalized spacial score (nSPS) is 24.3. The average molecular weight is 454 g/mol. The Labute approximate surface area is 191 Å². The molecule has 0 amide bonds. The van der Waals surface area contributed by atoms with Crippen molar-refractivity contribution in [1.29, 1.82) is 0 Å². The lowest BCUT2D eigenvalue weighted by Gasteiger charge is -2.44. The van der Waals surface area contributed by atoms with Gasteiger partial charge in [0.2, 0.25) is 0 Å². The van der Waals surface area contributed by atoms with Crippen molar-refractivity contribution < 1.29 is 24.9 Å². The molecule has 1 aromatic carbocycles. The molecule has 0 spiro atoms. The smallest absolute Gasteiger partial charge is 0.332 e. The zero-order chi connectivity index (χ0) is 23.0. The molecule has 1 aromatic heterocycles. The second kappa shape index (κ2) is 8.54. The average Bonchev–Trinajstić information content (AvgIpc) is 3.25. The van der Waals surface area contributed by atoms with E-state index in [1.165, 1.54) is 11.3 Å². The molecule has 0 aliphatic heterocycles. The highest BCUT2D eigenvalue weighted by molar-refractivity contribution is 7.13. The Morgan fingerprint density at radius 3 is 2.34 bits per heavy atom. The van der Waals surface area contributed by atoms with Gasteiger partial charge in [0.25, 0.3) is 0 Å². The Balaban J connectivity index is 1.86. The SMILES string of the molecule is CC1=C(C(=O)O)C(C)C(C(=O)O)(C2CCCCC2)C=C1c1csc(-c2ccc(O)cc2)n1. The summed E-state index contributed by atoms with van der Waals surface area (Å²) < 4.78 is 0. The van der Waals surface area contributed by atoms with E-state index in [-0.39, 0.29) is 17.2 Å². The summed E-state index contributed by atoms with van der Waals surface area (Å²) in [6, 6.07) is 6.71. The molecule has 2 aliphatic rings. The molecular formula is C25H27NO5S. The van der Waals surface area contributed by atoms with Crippen molar-refractivity contribution in [2.75, 3.05) is 0 Å². The minimum atomic E-state index is -1.27. The van der Waals surface area contributed by atoms with Gasteiger partial charge in [-0.05, 0) is 55.5 Å². The molecule has 32 heavy (non-hydrogen) atoms. The number of hydrogen-bond donors (Lipinski definition) is 3. The molecule has 0 radical (unpaired) electrons. The first kappa shape index (κ1) is 22.3. The van der Waals surface area contributed by atoms with E-state index in [4.69, 9.17) is 4.98 Å². The summed E-state index contributed by atoms with van der Waals surface area (Å²) in [5.74, 6) is -2.63. The van der Waals surface area contributed by atoms with Crippen molar-refractivity contribution in [3.05, 3.63) is 52.6 Å². The number of hydrogen-bond acceptors (Lipinski definition) is 5. The number of phenolic OH excluding ortho intramolecular Hbond substituents is 1. The monoisotopic (exact) mass is 453 g/mol. The van der Waals surface area contributed by atoms with Crippen molar-refractivity contribution in [2.24, 2.45) is 17.3 Å². The van der Waals surface area contributed by atoms with Gasteiger partial charge in [-0.15, -0.1) is 11.3 Å². The van der Waals surface area contributed by atoms with Crippen LogP contribution in [-0.2, 0) is 9.59 Å². The van der Waals surface area contributed by atoms with Crippen LogP contribution < -0.4 is 0 Å². The number of benzene rings is 1. The van der Waals surface area contributed by atoms with Crippen LogP contribution in [0.2, 0.25) is 0 Å². The molecule has 4 rings (SSSR count). The number of rotatable bonds is 5. The number of aromatic nitrogens is 1. The van der Waals surface area contributed by atoms with E-state index in [1.54, 1.807) is 44.2 Å². The number of aromatic hydroxyl groups is 1.